The van der Waals surface area contributed by atoms with Crippen LogP contribution in [0.5, 0.6) is 11.5 Å². The number of phenolic OH excluding ortho intramolecular Hbond substituents is 1. The Bertz CT molecular complexity index is 961. The van der Waals surface area contributed by atoms with Crippen LogP contribution in [0.2, 0.25) is 0 Å². The summed E-state index contributed by atoms with van der Waals surface area (Å²) < 4.78 is 10.5. The lowest BCUT2D eigenvalue weighted by molar-refractivity contribution is -0.118. The minimum absolute atomic E-state index is 0.00386. The number of benzene rings is 2. The van der Waals surface area contributed by atoms with Crippen molar-refractivity contribution in [2.75, 3.05) is 11.9 Å². The monoisotopic (exact) mass is 325 g/mol. The van der Waals surface area contributed by atoms with Crippen molar-refractivity contribution in [2.24, 2.45) is 0 Å². The molecule has 0 unspecified atom stereocenters. The highest BCUT2D eigenvalue weighted by Gasteiger charge is 2.08. The average Bonchev–Trinajstić information content (AvgIpc) is 2.55. The maximum Gasteiger partial charge on any atom is 0.336 e. The van der Waals surface area contributed by atoms with Crippen LogP contribution in [-0.2, 0) is 4.79 Å². The number of aromatic hydroxyl groups is 1. The van der Waals surface area contributed by atoms with Crippen molar-refractivity contribution in [2.45, 2.75) is 6.92 Å². The van der Waals surface area contributed by atoms with Crippen LogP contribution in [0.4, 0.5) is 5.69 Å². The second-order valence-corrected chi connectivity index (χ2v) is 5.31. The number of carbonyl (C=O) groups excluding carboxylic acids is 1. The molecule has 24 heavy (non-hydrogen) atoms. The van der Waals surface area contributed by atoms with Gasteiger partial charge in [-0.25, -0.2) is 4.79 Å². The molecule has 122 valence electrons. The molecule has 0 aliphatic rings. The van der Waals surface area contributed by atoms with Crippen molar-refractivity contribution in [1.29, 1.82) is 0 Å². The van der Waals surface area contributed by atoms with Gasteiger partial charge in [-0.2, -0.15) is 0 Å². The molecule has 3 rings (SSSR count). The molecular formula is C18H15NO5. The van der Waals surface area contributed by atoms with E-state index in [0.717, 1.165) is 10.9 Å². The van der Waals surface area contributed by atoms with E-state index in [2.05, 4.69) is 5.32 Å². The fraction of sp³-hybridized carbons (Fsp3) is 0.111. The van der Waals surface area contributed by atoms with E-state index in [1.165, 1.54) is 6.07 Å². The Balaban J connectivity index is 1.66. The fourth-order valence-electron chi connectivity index (χ4n) is 2.21. The Labute approximate surface area is 137 Å². The summed E-state index contributed by atoms with van der Waals surface area (Å²) in [7, 11) is 0. The lowest BCUT2D eigenvalue weighted by Gasteiger charge is -2.09. The molecular weight excluding hydrogens is 310 g/mol. The van der Waals surface area contributed by atoms with Gasteiger partial charge in [0.1, 0.15) is 17.1 Å². The van der Waals surface area contributed by atoms with E-state index in [0.29, 0.717) is 17.0 Å². The number of rotatable bonds is 4. The molecule has 0 saturated carbocycles. The SMILES string of the molecule is Cc1ccc(NC(=O)COc2ccc3ccc(=O)oc3c2)c(O)c1. The average molecular weight is 325 g/mol. The molecule has 0 aliphatic heterocycles. The number of carbonyl (C=O) groups is 1. The minimum atomic E-state index is -0.452. The Morgan fingerprint density at radius 3 is 2.75 bits per heavy atom. The van der Waals surface area contributed by atoms with Crippen molar-refractivity contribution in [3.63, 3.8) is 0 Å². The highest BCUT2D eigenvalue weighted by atomic mass is 16.5. The molecule has 6 nitrogen and oxygen atoms in total. The number of ether oxygens (including phenoxy) is 1. The van der Waals surface area contributed by atoms with Crippen LogP contribution in [0.15, 0.2) is 57.7 Å². The zero-order valence-corrected chi connectivity index (χ0v) is 12.9. The Morgan fingerprint density at radius 2 is 1.96 bits per heavy atom. The molecule has 2 N–H and O–H groups in total. The maximum atomic E-state index is 11.9. The van der Waals surface area contributed by atoms with Gasteiger partial charge in [-0.3, -0.25) is 4.79 Å². The predicted molar refractivity (Wildman–Crippen MR) is 89.5 cm³/mol. The van der Waals surface area contributed by atoms with Gasteiger partial charge in [0, 0.05) is 17.5 Å². The van der Waals surface area contributed by atoms with Gasteiger partial charge in [-0.15, -0.1) is 0 Å². The number of nitrogens with one attached hydrogen (secondary N) is 1. The molecule has 6 heteroatoms. The second kappa shape index (κ2) is 6.45. The normalized spacial score (nSPS) is 10.5. The first-order chi connectivity index (χ1) is 11.5. The Morgan fingerprint density at radius 1 is 1.17 bits per heavy atom. The number of hydrogen-bond acceptors (Lipinski definition) is 5. The molecule has 2 aromatic carbocycles. The van der Waals surface area contributed by atoms with Gasteiger partial charge < -0.3 is 19.6 Å². The summed E-state index contributed by atoms with van der Waals surface area (Å²) in [5.74, 6) is -0.0141. The van der Waals surface area contributed by atoms with Crippen LogP contribution in [0.25, 0.3) is 11.0 Å². The molecule has 0 atom stereocenters. The zero-order chi connectivity index (χ0) is 17.1. The lowest BCUT2D eigenvalue weighted by Crippen LogP contribution is -2.20. The summed E-state index contributed by atoms with van der Waals surface area (Å²) >= 11 is 0. The summed E-state index contributed by atoms with van der Waals surface area (Å²) in [5.41, 5.74) is 1.14. The van der Waals surface area contributed by atoms with Gasteiger partial charge in [-0.1, -0.05) is 6.07 Å². The molecule has 0 radical (unpaired) electrons. The van der Waals surface area contributed by atoms with Crippen LogP contribution >= 0.6 is 0 Å². The highest BCUT2D eigenvalue weighted by Crippen LogP contribution is 2.24. The lowest BCUT2D eigenvalue weighted by atomic mass is 10.2. The van der Waals surface area contributed by atoms with E-state index >= 15 is 0 Å². The van der Waals surface area contributed by atoms with Gasteiger partial charge in [0.05, 0.1) is 5.69 Å². The molecule has 1 aromatic heterocycles. The number of anilines is 1. The third-order valence-electron chi connectivity index (χ3n) is 3.39. The standard InChI is InChI=1S/C18H15NO5/c1-11-2-6-14(15(20)8-11)19-17(21)10-23-13-5-3-12-4-7-18(22)24-16(12)9-13/h2-9,20H,10H2,1H3,(H,19,21). The predicted octanol–water partition coefficient (Wildman–Crippen LogP) is 2.82. The van der Waals surface area contributed by atoms with Gasteiger partial charge >= 0.3 is 5.63 Å². The first kappa shape index (κ1) is 15.6. The van der Waals surface area contributed by atoms with Crippen LogP contribution in [0, 0.1) is 6.92 Å². The molecule has 3 aromatic rings. The summed E-state index contributed by atoms with van der Waals surface area (Å²) in [6, 6.07) is 12.9. The maximum absolute atomic E-state index is 11.9. The van der Waals surface area contributed by atoms with Crippen molar-refractivity contribution in [3.05, 3.63) is 64.5 Å². The first-order valence-corrected chi connectivity index (χ1v) is 7.27. The van der Waals surface area contributed by atoms with Gasteiger partial charge in [0.15, 0.2) is 6.61 Å². The second-order valence-electron chi connectivity index (χ2n) is 5.31. The van der Waals surface area contributed by atoms with Crippen molar-refractivity contribution in [3.8, 4) is 11.5 Å². The minimum Gasteiger partial charge on any atom is -0.506 e. The van der Waals surface area contributed by atoms with Crippen LogP contribution in [-0.4, -0.2) is 17.6 Å². The van der Waals surface area contributed by atoms with Crippen molar-refractivity contribution in [1.82, 2.24) is 0 Å². The Kier molecular flexibility index (Phi) is 4.20. The summed E-state index contributed by atoms with van der Waals surface area (Å²) in [6.07, 6.45) is 0. The third-order valence-corrected chi connectivity index (χ3v) is 3.39. The van der Waals surface area contributed by atoms with Crippen molar-refractivity contribution < 1.29 is 19.1 Å². The number of phenols is 1. The Hall–Kier alpha value is -3.28. The summed E-state index contributed by atoms with van der Waals surface area (Å²) in [4.78, 5) is 23.1. The van der Waals surface area contributed by atoms with Gasteiger partial charge in [0.2, 0.25) is 0 Å². The largest absolute Gasteiger partial charge is 0.506 e. The van der Waals surface area contributed by atoms with Crippen molar-refractivity contribution >= 4 is 22.6 Å². The quantitative estimate of drug-likeness (QED) is 0.569. The van der Waals surface area contributed by atoms with E-state index in [-0.39, 0.29) is 12.4 Å². The molecule has 1 amide bonds. The molecule has 0 aliphatic carbocycles. The fourth-order valence-corrected chi connectivity index (χ4v) is 2.21. The van der Waals surface area contributed by atoms with Gasteiger partial charge in [-0.05, 0) is 42.8 Å². The smallest absolute Gasteiger partial charge is 0.336 e. The molecule has 1 heterocycles. The molecule has 0 spiro atoms. The zero-order valence-electron chi connectivity index (χ0n) is 12.9. The van der Waals surface area contributed by atoms with Crippen LogP contribution < -0.4 is 15.7 Å². The number of aryl methyl sites for hydroxylation is 1. The van der Waals surface area contributed by atoms with E-state index in [1.54, 1.807) is 42.5 Å². The third kappa shape index (κ3) is 3.55. The number of amides is 1. The highest BCUT2D eigenvalue weighted by molar-refractivity contribution is 5.93. The molecule has 0 bridgehead atoms. The van der Waals surface area contributed by atoms with Crippen LogP contribution in [0.3, 0.4) is 0 Å². The van der Waals surface area contributed by atoms with Crippen LogP contribution in [0.1, 0.15) is 5.56 Å². The van der Waals surface area contributed by atoms with E-state index in [9.17, 15) is 14.7 Å². The summed E-state index contributed by atoms with van der Waals surface area (Å²) in [6.45, 7) is 1.60. The van der Waals surface area contributed by atoms with E-state index in [1.807, 2.05) is 6.92 Å². The van der Waals surface area contributed by atoms with E-state index in [4.69, 9.17) is 9.15 Å². The molecule has 0 fully saturated rings. The summed E-state index contributed by atoms with van der Waals surface area (Å²) in [5, 5.41) is 13.1. The van der Waals surface area contributed by atoms with Gasteiger partial charge in [0.25, 0.3) is 5.91 Å². The topological polar surface area (TPSA) is 88.8 Å². The van der Waals surface area contributed by atoms with E-state index < -0.39 is 11.5 Å². The number of hydrogen-bond donors (Lipinski definition) is 2. The first-order valence-electron chi connectivity index (χ1n) is 7.27. The number of fused-ring (bicyclic) bond motifs is 1. The molecule has 0 saturated heterocycles.